The number of halogens is 1. The molecule has 1 aromatic rings. The van der Waals surface area contributed by atoms with E-state index in [9.17, 15) is 18.3 Å². The van der Waals surface area contributed by atoms with Crippen LogP contribution in [-0.4, -0.2) is 43.4 Å². The fourth-order valence-electron chi connectivity index (χ4n) is 2.16. The third-order valence-corrected chi connectivity index (χ3v) is 5.20. The number of sulfonamides is 1. The first kappa shape index (κ1) is 18.9. The zero-order valence-electron chi connectivity index (χ0n) is 12.9. The van der Waals surface area contributed by atoms with Crippen molar-refractivity contribution in [3.05, 3.63) is 17.2 Å². The van der Waals surface area contributed by atoms with Crippen molar-refractivity contribution in [1.29, 1.82) is 5.26 Å². The summed E-state index contributed by atoms with van der Waals surface area (Å²) in [5.41, 5.74) is 5.23. The van der Waals surface area contributed by atoms with E-state index >= 15 is 0 Å². The van der Waals surface area contributed by atoms with Crippen LogP contribution in [0.15, 0.2) is 22.0 Å². The van der Waals surface area contributed by atoms with E-state index in [4.69, 9.17) is 22.6 Å². The van der Waals surface area contributed by atoms with Crippen LogP contribution in [-0.2, 0) is 14.8 Å². The molecule has 134 valence electrons. The van der Waals surface area contributed by atoms with Gasteiger partial charge in [-0.1, -0.05) is 11.6 Å². The van der Waals surface area contributed by atoms with Crippen LogP contribution in [0.3, 0.4) is 0 Å². The maximum absolute atomic E-state index is 12.6. The Bertz CT molecular complexity index is 854. The highest BCUT2D eigenvalue weighted by molar-refractivity contribution is 7.89. The molecular weight excluding hydrogens is 372 g/mol. The maximum atomic E-state index is 12.6. The van der Waals surface area contributed by atoms with Crippen LogP contribution in [0.5, 0.6) is 5.75 Å². The SMILES string of the molecule is N#CNC(N)=Nc1ccc(Cl)c(S(=O)(=O)NN2CCC(=O)CC2)c1O. The number of guanidine groups is 1. The van der Waals surface area contributed by atoms with Gasteiger partial charge in [0.05, 0.1) is 5.02 Å². The minimum atomic E-state index is -4.22. The number of benzene rings is 1. The Labute approximate surface area is 148 Å². The molecule has 1 fully saturated rings. The quantitative estimate of drug-likeness (QED) is 0.242. The van der Waals surface area contributed by atoms with Gasteiger partial charge in [-0.05, 0) is 12.1 Å². The summed E-state index contributed by atoms with van der Waals surface area (Å²) in [5.74, 6) is -0.991. The number of carbonyl (C=O) groups is 1. The lowest BCUT2D eigenvalue weighted by atomic mass is 10.1. The molecule has 1 aliphatic heterocycles. The smallest absolute Gasteiger partial charge is 0.258 e. The predicted octanol–water partition coefficient (Wildman–Crippen LogP) is -0.0793. The molecule has 5 N–H and O–H groups in total. The molecule has 1 saturated heterocycles. The number of phenols is 1. The van der Waals surface area contributed by atoms with Crippen molar-refractivity contribution in [1.82, 2.24) is 15.2 Å². The van der Waals surface area contributed by atoms with Crippen molar-refractivity contribution in [2.45, 2.75) is 17.7 Å². The number of nitrogens with two attached hydrogens (primary N) is 1. The van der Waals surface area contributed by atoms with Crippen molar-refractivity contribution in [2.24, 2.45) is 10.7 Å². The normalized spacial score (nSPS) is 16.5. The van der Waals surface area contributed by atoms with Gasteiger partial charge < -0.3 is 10.8 Å². The molecule has 0 unspecified atom stereocenters. The molecule has 0 spiro atoms. The molecule has 0 radical (unpaired) electrons. The van der Waals surface area contributed by atoms with Gasteiger partial charge in [0.1, 0.15) is 16.4 Å². The molecule has 1 aliphatic rings. The third kappa shape index (κ3) is 4.58. The summed E-state index contributed by atoms with van der Waals surface area (Å²) in [6.07, 6.45) is 1.99. The van der Waals surface area contributed by atoms with E-state index in [0.29, 0.717) is 0 Å². The Kier molecular flexibility index (Phi) is 5.81. The van der Waals surface area contributed by atoms with Gasteiger partial charge in [0.2, 0.25) is 5.96 Å². The second-order valence-corrected chi connectivity index (χ2v) is 7.10. The minimum Gasteiger partial charge on any atom is -0.504 e. The van der Waals surface area contributed by atoms with Gasteiger partial charge in [-0.25, -0.2) is 18.4 Å². The second-order valence-electron chi connectivity index (χ2n) is 5.10. The number of carbonyl (C=O) groups excluding carboxylic acids is 1. The molecule has 12 heteroatoms. The number of ketones is 1. The van der Waals surface area contributed by atoms with Crippen molar-refractivity contribution in [3.63, 3.8) is 0 Å². The highest BCUT2D eigenvalue weighted by Gasteiger charge is 2.28. The molecule has 1 heterocycles. The Hall–Kier alpha value is -2.39. The highest BCUT2D eigenvalue weighted by atomic mass is 35.5. The molecule has 0 atom stereocenters. The summed E-state index contributed by atoms with van der Waals surface area (Å²) >= 11 is 5.93. The zero-order chi connectivity index (χ0) is 18.6. The van der Waals surface area contributed by atoms with Gasteiger partial charge in [-0.2, -0.15) is 5.26 Å². The lowest BCUT2D eigenvalue weighted by Crippen LogP contribution is -2.46. The molecule has 0 aliphatic carbocycles. The van der Waals surface area contributed by atoms with Crippen LogP contribution in [0.4, 0.5) is 5.69 Å². The number of aliphatic imine (C=N–C) groups is 1. The average Bonchev–Trinajstić information content (AvgIpc) is 2.52. The number of hydrogen-bond acceptors (Lipinski definition) is 7. The fourth-order valence-corrected chi connectivity index (χ4v) is 3.91. The van der Waals surface area contributed by atoms with Crippen molar-refractivity contribution in [2.75, 3.05) is 13.1 Å². The monoisotopic (exact) mass is 386 g/mol. The Morgan fingerprint density at radius 2 is 2.04 bits per heavy atom. The first-order valence-corrected chi connectivity index (χ1v) is 8.90. The third-order valence-electron chi connectivity index (χ3n) is 3.33. The number of nitriles is 1. The lowest BCUT2D eigenvalue weighted by molar-refractivity contribution is -0.121. The molecule has 0 saturated carbocycles. The first-order chi connectivity index (χ1) is 11.7. The standard InChI is InChI=1S/C13H15ClN6O4S/c14-9-1-2-10(18-13(16)17-7-15)11(22)12(9)25(23,24)19-20-5-3-8(21)4-6-20/h1-2,19,22H,3-6H2,(H3,16,17,18). The van der Waals surface area contributed by atoms with Gasteiger partial charge in [-0.3, -0.25) is 10.1 Å². The predicted molar refractivity (Wildman–Crippen MR) is 89.3 cm³/mol. The number of Topliss-reactive ketones (excluding diaryl/α,β-unsaturated/α-hetero) is 1. The van der Waals surface area contributed by atoms with Crippen LogP contribution >= 0.6 is 11.6 Å². The number of hydrogen-bond donors (Lipinski definition) is 4. The summed E-state index contributed by atoms with van der Waals surface area (Å²) in [4.78, 5) is 16.7. The van der Waals surface area contributed by atoms with Crippen molar-refractivity contribution in [3.8, 4) is 11.9 Å². The summed E-state index contributed by atoms with van der Waals surface area (Å²) in [6, 6.07) is 2.48. The van der Waals surface area contributed by atoms with E-state index in [2.05, 4.69) is 9.82 Å². The van der Waals surface area contributed by atoms with E-state index in [1.807, 2.05) is 5.32 Å². The van der Waals surface area contributed by atoms with Gasteiger partial charge >= 0.3 is 0 Å². The first-order valence-electron chi connectivity index (χ1n) is 7.04. The van der Waals surface area contributed by atoms with Gasteiger partial charge in [0.25, 0.3) is 10.0 Å². The van der Waals surface area contributed by atoms with Crippen LogP contribution in [0.25, 0.3) is 0 Å². The fraction of sp³-hybridized carbons (Fsp3) is 0.308. The average molecular weight is 387 g/mol. The summed E-state index contributed by atoms with van der Waals surface area (Å²) < 4.78 is 25.1. The Morgan fingerprint density at radius 3 is 2.64 bits per heavy atom. The van der Waals surface area contributed by atoms with Crippen LogP contribution < -0.4 is 15.9 Å². The van der Waals surface area contributed by atoms with Crippen molar-refractivity contribution >= 4 is 39.1 Å². The van der Waals surface area contributed by atoms with Gasteiger partial charge in [0.15, 0.2) is 11.9 Å². The Morgan fingerprint density at radius 1 is 1.40 bits per heavy atom. The number of piperidine rings is 1. The van der Waals surface area contributed by atoms with E-state index in [0.717, 1.165) is 0 Å². The molecule has 0 aromatic heterocycles. The van der Waals surface area contributed by atoms with Crippen LogP contribution in [0, 0.1) is 11.5 Å². The van der Waals surface area contributed by atoms with Gasteiger partial charge in [-0.15, -0.1) is 4.83 Å². The number of phenolic OH excluding ortho intramolecular Hbond substituents is 1. The molecule has 25 heavy (non-hydrogen) atoms. The number of nitrogens with zero attached hydrogens (tertiary/aromatic N) is 3. The molecule has 1 aromatic carbocycles. The number of rotatable bonds is 4. The minimum absolute atomic E-state index is 0.0492. The molecular formula is C13H15ClN6O4S. The molecule has 10 nitrogen and oxygen atoms in total. The largest absolute Gasteiger partial charge is 0.504 e. The van der Waals surface area contributed by atoms with Crippen LogP contribution in [0.1, 0.15) is 12.8 Å². The van der Waals surface area contributed by atoms with E-state index in [1.165, 1.54) is 17.1 Å². The lowest BCUT2D eigenvalue weighted by Gasteiger charge is -2.26. The number of aromatic hydroxyl groups is 1. The van der Waals surface area contributed by atoms with E-state index < -0.39 is 20.7 Å². The topological polar surface area (TPSA) is 161 Å². The van der Waals surface area contributed by atoms with Gasteiger partial charge in [0, 0.05) is 25.9 Å². The summed E-state index contributed by atoms with van der Waals surface area (Å²) in [7, 11) is -4.22. The van der Waals surface area contributed by atoms with E-state index in [1.54, 1.807) is 6.19 Å². The second kappa shape index (κ2) is 7.66. The highest BCUT2D eigenvalue weighted by Crippen LogP contribution is 2.38. The van der Waals surface area contributed by atoms with Crippen molar-refractivity contribution < 1.29 is 18.3 Å². The maximum Gasteiger partial charge on any atom is 0.258 e. The summed E-state index contributed by atoms with van der Waals surface area (Å²) in [5, 5.41) is 21.9. The molecule has 2 rings (SSSR count). The zero-order valence-corrected chi connectivity index (χ0v) is 14.4. The molecule has 0 bridgehead atoms. The van der Waals surface area contributed by atoms with Crippen LogP contribution in [0.2, 0.25) is 5.02 Å². The molecule has 0 amide bonds. The number of hydrazine groups is 1. The summed E-state index contributed by atoms with van der Waals surface area (Å²) in [6.45, 7) is 0.431. The number of nitrogens with one attached hydrogen (secondary N) is 2. The Balaban J connectivity index is 2.35. The van der Waals surface area contributed by atoms with E-state index in [-0.39, 0.29) is 48.4 Å².